The van der Waals surface area contributed by atoms with Crippen LogP contribution in [0.5, 0.6) is 0 Å². The maximum Gasteiger partial charge on any atom is 0.254 e. The average Bonchev–Trinajstić information content (AvgIpc) is 3.39. The number of nitrogens with one attached hydrogen (secondary N) is 1. The maximum atomic E-state index is 13.8. The number of hydrogen-bond acceptors (Lipinski definition) is 2. The summed E-state index contributed by atoms with van der Waals surface area (Å²) in [5, 5.41) is 3.82. The van der Waals surface area contributed by atoms with Crippen LogP contribution in [-0.2, 0) is 11.2 Å². The first-order chi connectivity index (χ1) is 16.6. The van der Waals surface area contributed by atoms with E-state index in [-0.39, 0.29) is 23.9 Å². The Kier molecular flexibility index (Phi) is 6.68. The lowest BCUT2D eigenvalue weighted by Crippen LogP contribution is -2.51. The zero-order chi connectivity index (χ0) is 23.5. The Labute approximate surface area is 205 Å². The third kappa shape index (κ3) is 4.47. The van der Waals surface area contributed by atoms with Crippen LogP contribution in [0.2, 0.25) is 5.02 Å². The van der Waals surface area contributed by atoms with E-state index in [4.69, 9.17) is 11.6 Å². The highest BCUT2D eigenvalue weighted by Crippen LogP contribution is 2.46. The molecule has 0 saturated heterocycles. The van der Waals surface area contributed by atoms with Gasteiger partial charge in [-0.2, -0.15) is 0 Å². The van der Waals surface area contributed by atoms with Gasteiger partial charge in [0.2, 0.25) is 5.91 Å². The predicted molar refractivity (Wildman–Crippen MR) is 135 cm³/mol. The van der Waals surface area contributed by atoms with Gasteiger partial charge in [-0.3, -0.25) is 9.59 Å². The second-order valence-corrected chi connectivity index (χ2v) is 9.68. The summed E-state index contributed by atoms with van der Waals surface area (Å²) < 4.78 is 0. The van der Waals surface area contributed by atoms with Crippen LogP contribution in [0.3, 0.4) is 0 Å². The summed E-state index contributed by atoms with van der Waals surface area (Å²) >= 11 is 6.19. The zero-order valence-corrected chi connectivity index (χ0v) is 19.9. The molecule has 2 amide bonds. The van der Waals surface area contributed by atoms with E-state index in [2.05, 4.69) is 17.4 Å². The van der Waals surface area contributed by atoms with Gasteiger partial charge in [0, 0.05) is 23.2 Å². The summed E-state index contributed by atoms with van der Waals surface area (Å²) in [6.07, 6.45) is 4.92. The Morgan fingerprint density at radius 1 is 0.912 bits per heavy atom. The van der Waals surface area contributed by atoms with E-state index in [1.807, 2.05) is 71.6 Å². The number of amides is 2. The highest BCUT2D eigenvalue weighted by molar-refractivity contribution is 6.30. The van der Waals surface area contributed by atoms with Crippen LogP contribution in [0.4, 0.5) is 0 Å². The largest absolute Gasteiger partial charge is 0.355 e. The summed E-state index contributed by atoms with van der Waals surface area (Å²) in [6.45, 7) is 0.548. The molecule has 0 spiro atoms. The van der Waals surface area contributed by atoms with E-state index in [1.54, 1.807) is 0 Å². The van der Waals surface area contributed by atoms with Gasteiger partial charge in [-0.15, -0.1) is 0 Å². The summed E-state index contributed by atoms with van der Waals surface area (Å²) in [4.78, 5) is 29.6. The van der Waals surface area contributed by atoms with Crippen LogP contribution >= 0.6 is 11.6 Å². The molecule has 0 unspecified atom stereocenters. The molecule has 2 atom stereocenters. The van der Waals surface area contributed by atoms with Crippen molar-refractivity contribution >= 4 is 23.4 Å². The number of rotatable bonds is 6. The van der Waals surface area contributed by atoms with Gasteiger partial charge in [0.15, 0.2) is 0 Å². The first kappa shape index (κ1) is 22.7. The van der Waals surface area contributed by atoms with Crippen LogP contribution in [0.25, 0.3) is 0 Å². The van der Waals surface area contributed by atoms with Crippen LogP contribution in [0.1, 0.15) is 64.7 Å². The molecule has 0 radical (unpaired) electrons. The molecular weight excluding hydrogens is 444 g/mol. The first-order valence-electron chi connectivity index (χ1n) is 12.1. The predicted octanol–water partition coefficient (Wildman–Crippen LogP) is 5.92. The lowest BCUT2D eigenvalue weighted by atomic mass is 9.78. The van der Waals surface area contributed by atoms with Gasteiger partial charge in [-0.05, 0) is 54.2 Å². The van der Waals surface area contributed by atoms with Crippen molar-refractivity contribution in [3.05, 3.63) is 106 Å². The average molecular weight is 473 g/mol. The van der Waals surface area contributed by atoms with Crippen molar-refractivity contribution in [2.75, 3.05) is 6.54 Å². The Balaban J connectivity index is 1.52. The molecule has 2 aliphatic rings. The monoisotopic (exact) mass is 472 g/mol. The summed E-state index contributed by atoms with van der Waals surface area (Å²) in [5.41, 5.74) is 3.58. The highest BCUT2D eigenvalue weighted by atomic mass is 35.5. The standard InChI is InChI=1S/C29H29ClN2O2/c30-22-16-14-21(15-17-22)27-26(28(33)31-19-18-20-8-2-1-3-9-20)24-12-6-7-13-25(24)29(34)32(27)23-10-4-5-11-23/h1-3,6-9,12-17,23,26-27H,4-5,10-11,18-19H2,(H,31,33)/t26-,27-/m0/s1. The van der Waals surface area contributed by atoms with Crippen molar-refractivity contribution in [2.45, 2.75) is 50.1 Å². The molecule has 4 nitrogen and oxygen atoms in total. The molecule has 1 fully saturated rings. The fourth-order valence-corrected chi connectivity index (χ4v) is 5.64. The Morgan fingerprint density at radius 2 is 1.59 bits per heavy atom. The molecular formula is C29H29ClN2O2. The summed E-state index contributed by atoms with van der Waals surface area (Å²) in [5.74, 6) is -0.499. The normalized spacial score (nSPS) is 20.3. The molecule has 3 aromatic carbocycles. The molecule has 1 aliphatic heterocycles. The van der Waals surface area contributed by atoms with Crippen molar-refractivity contribution < 1.29 is 9.59 Å². The second-order valence-electron chi connectivity index (χ2n) is 9.24. The third-order valence-corrected chi connectivity index (χ3v) is 7.40. The molecule has 34 heavy (non-hydrogen) atoms. The van der Waals surface area contributed by atoms with E-state index in [1.165, 1.54) is 5.56 Å². The summed E-state index contributed by atoms with van der Waals surface area (Å²) in [7, 11) is 0. The molecule has 1 aliphatic carbocycles. The van der Waals surface area contributed by atoms with Crippen molar-refractivity contribution in [1.82, 2.24) is 10.2 Å². The number of benzene rings is 3. The van der Waals surface area contributed by atoms with Gasteiger partial charge in [0.1, 0.15) is 0 Å². The van der Waals surface area contributed by atoms with Crippen molar-refractivity contribution in [3.63, 3.8) is 0 Å². The minimum atomic E-state index is -0.480. The second kappa shape index (κ2) is 10.0. The lowest BCUT2D eigenvalue weighted by Gasteiger charge is -2.45. The van der Waals surface area contributed by atoms with Gasteiger partial charge >= 0.3 is 0 Å². The maximum absolute atomic E-state index is 13.8. The molecule has 0 aromatic heterocycles. The van der Waals surface area contributed by atoms with E-state index >= 15 is 0 Å². The SMILES string of the molecule is O=C(NCCc1ccccc1)[C@H]1c2ccccc2C(=O)N(C2CCCC2)[C@H]1c1ccc(Cl)cc1. The fraction of sp³-hybridized carbons (Fsp3) is 0.310. The van der Waals surface area contributed by atoms with Crippen LogP contribution in [-0.4, -0.2) is 29.3 Å². The fourth-order valence-electron chi connectivity index (χ4n) is 5.52. The van der Waals surface area contributed by atoms with Crippen molar-refractivity contribution in [2.24, 2.45) is 0 Å². The Hall–Kier alpha value is -3.11. The number of carbonyl (C=O) groups is 2. The van der Waals surface area contributed by atoms with E-state index in [9.17, 15) is 9.59 Å². The summed E-state index contributed by atoms with van der Waals surface area (Å²) in [6, 6.07) is 25.1. The van der Waals surface area contributed by atoms with Crippen LogP contribution in [0, 0.1) is 0 Å². The minimum Gasteiger partial charge on any atom is -0.355 e. The molecule has 1 N–H and O–H groups in total. The van der Waals surface area contributed by atoms with Crippen LogP contribution < -0.4 is 5.32 Å². The van der Waals surface area contributed by atoms with Gasteiger partial charge in [-0.25, -0.2) is 0 Å². The number of nitrogens with zero attached hydrogens (tertiary/aromatic N) is 1. The van der Waals surface area contributed by atoms with E-state index in [0.29, 0.717) is 17.1 Å². The minimum absolute atomic E-state index is 0.0239. The molecule has 0 bridgehead atoms. The topological polar surface area (TPSA) is 49.4 Å². The van der Waals surface area contributed by atoms with Gasteiger partial charge < -0.3 is 10.2 Å². The number of carbonyl (C=O) groups excluding carboxylic acids is 2. The van der Waals surface area contributed by atoms with E-state index < -0.39 is 5.92 Å². The number of halogens is 1. The van der Waals surface area contributed by atoms with Gasteiger partial charge in [0.05, 0.1) is 12.0 Å². The molecule has 5 heteroatoms. The molecule has 3 aromatic rings. The molecule has 5 rings (SSSR count). The molecule has 174 valence electrons. The third-order valence-electron chi connectivity index (χ3n) is 7.14. The lowest BCUT2D eigenvalue weighted by molar-refractivity contribution is -0.124. The Bertz CT molecular complexity index is 1160. The van der Waals surface area contributed by atoms with Gasteiger partial charge in [0.25, 0.3) is 5.91 Å². The number of fused-ring (bicyclic) bond motifs is 1. The first-order valence-corrected chi connectivity index (χ1v) is 12.5. The smallest absolute Gasteiger partial charge is 0.254 e. The van der Waals surface area contributed by atoms with Crippen molar-refractivity contribution in [3.8, 4) is 0 Å². The Morgan fingerprint density at radius 3 is 2.32 bits per heavy atom. The van der Waals surface area contributed by atoms with Crippen molar-refractivity contribution in [1.29, 1.82) is 0 Å². The molecule has 1 heterocycles. The van der Waals surface area contributed by atoms with E-state index in [0.717, 1.165) is 43.2 Å². The van der Waals surface area contributed by atoms with Crippen LogP contribution in [0.15, 0.2) is 78.9 Å². The number of hydrogen-bond donors (Lipinski definition) is 1. The van der Waals surface area contributed by atoms with Gasteiger partial charge in [-0.1, -0.05) is 85.1 Å². The molecule has 1 saturated carbocycles. The quantitative estimate of drug-likeness (QED) is 0.484. The highest BCUT2D eigenvalue weighted by Gasteiger charge is 2.46. The zero-order valence-electron chi connectivity index (χ0n) is 19.1.